The van der Waals surface area contributed by atoms with Gasteiger partial charge < -0.3 is 20.1 Å². The molecule has 0 bridgehead atoms. The van der Waals surface area contributed by atoms with Crippen molar-refractivity contribution < 1.29 is 14.6 Å². The van der Waals surface area contributed by atoms with Crippen LogP contribution in [0, 0.1) is 12.3 Å². The number of ether oxygens (including phenoxy) is 1. The Kier molecular flexibility index (Phi) is 5.54. The van der Waals surface area contributed by atoms with Crippen LogP contribution in [0.2, 0.25) is 0 Å². The first-order valence-corrected chi connectivity index (χ1v) is 11.9. The molecule has 3 aromatic rings. The fourth-order valence-corrected chi connectivity index (χ4v) is 5.45. The van der Waals surface area contributed by atoms with Gasteiger partial charge in [-0.05, 0) is 37.0 Å². The average molecular weight is 466 g/mol. The number of aromatic nitrogens is 3. The molecule has 8 nitrogen and oxygen atoms in total. The second kappa shape index (κ2) is 8.39. The molecule has 33 heavy (non-hydrogen) atoms. The van der Waals surface area contributed by atoms with E-state index in [2.05, 4.69) is 40.1 Å². The van der Waals surface area contributed by atoms with Crippen molar-refractivity contribution in [2.45, 2.75) is 33.6 Å². The SMILES string of the molecule is Cc1nc(NCCO)cc(-c2ccc3c(c2)N(c2nc4c(s2)C(=O)CC(C)(C)C4)CCO3)n1. The van der Waals surface area contributed by atoms with Crippen molar-refractivity contribution in [2.75, 3.05) is 36.5 Å². The molecule has 0 fully saturated rings. The molecule has 1 aliphatic carbocycles. The lowest BCUT2D eigenvalue weighted by molar-refractivity contribution is 0.0916. The van der Waals surface area contributed by atoms with Gasteiger partial charge in [0.05, 0.1) is 35.1 Å². The highest BCUT2D eigenvalue weighted by molar-refractivity contribution is 7.17. The fraction of sp³-hybridized carbons (Fsp3) is 0.417. The summed E-state index contributed by atoms with van der Waals surface area (Å²) in [6.45, 7) is 7.75. The maximum absolute atomic E-state index is 12.7. The molecular weight excluding hydrogens is 438 g/mol. The standard InChI is InChI=1S/C24H27N5O3S/c1-14-26-16(11-21(27-14)25-6-8-30)15-4-5-20-18(10-15)29(7-9-32-20)23-28-17-12-24(2,3)13-19(31)22(17)33-23/h4-5,10-11,30H,6-9,12-13H2,1-3H3,(H,25,26,27). The Labute approximate surface area is 196 Å². The van der Waals surface area contributed by atoms with E-state index >= 15 is 0 Å². The molecule has 3 heterocycles. The first-order valence-electron chi connectivity index (χ1n) is 11.1. The average Bonchev–Trinajstić information content (AvgIpc) is 3.19. The van der Waals surface area contributed by atoms with Crippen molar-refractivity contribution in [1.82, 2.24) is 15.0 Å². The highest BCUT2D eigenvalue weighted by Crippen LogP contribution is 2.44. The molecule has 0 radical (unpaired) electrons. The molecule has 0 saturated carbocycles. The number of anilines is 3. The Morgan fingerprint density at radius 1 is 1.21 bits per heavy atom. The van der Waals surface area contributed by atoms with E-state index in [4.69, 9.17) is 14.8 Å². The van der Waals surface area contributed by atoms with Crippen LogP contribution < -0.4 is 15.0 Å². The molecule has 1 aromatic carbocycles. The normalized spacial score (nSPS) is 16.7. The number of nitrogens with zero attached hydrogens (tertiary/aromatic N) is 4. The number of carbonyl (C=O) groups excluding carboxylic acids is 1. The zero-order valence-corrected chi connectivity index (χ0v) is 19.8. The molecular formula is C24H27N5O3S. The van der Waals surface area contributed by atoms with Crippen molar-refractivity contribution in [1.29, 1.82) is 0 Å². The van der Waals surface area contributed by atoms with Crippen molar-refractivity contribution in [3.8, 4) is 17.0 Å². The van der Waals surface area contributed by atoms with Gasteiger partial charge in [-0.3, -0.25) is 4.79 Å². The van der Waals surface area contributed by atoms with Gasteiger partial charge in [0.25, 0.3) is 0 Å². The molecule has 1 aliphatic heterocycles. The van der Waals surface area contributed by atoms with Crippen LogP contribution in [0.25, 0.3) is 11.3 Å². The van der Waals surface area contributed by atoms with E-state index in [1.54, 1.807) is 0 Å². The number of thiazole rings is 1. The van der Waals surface area contributed by atoms with Crippen molar-refractivity contribution in [2.24, 2.45) is 5.41 Å². The smallest absolute Gasteiger partial charge is 0.190 e. The first kappa shape index (κ1) is 21.8. The Hall–Kier alpha value is -3.04. The van der Waals surface area contributed by atoms with Gasteiger partial charge in [0.1, 0.15) is 24.0 Å². The van der Waals surface area contributed by atoms with Gasteiger partial charge in [-0.2, -0.15) is 0 Å². The second-order valence-electron chi connectivity index (χ2n) is 9.23. The minimum Gasteiger partial charge on any atom is -0.490 e. The number of aryl methyl sites for hydroxylation is 1. The van der Waals surface area contributed by atoms with Crippen LogP contribution in [0.15, 0.2) is 24.3 Å². The maximum atomic E-state index is 12.7. The molecule has 0 amide bonds. The van der Waals surface area contributed by atoms with Gasteiger partial charge in [0.15, 0.2) is 10.9 Å². The molecule has 5 rings (SSSR count). The number of ketones is 1. The largest absolute Gasteiger partial charge is 0.490 e. The number of aliphatic hydroxyl groups is 1. The van der Waals surface area contributed by atoms with Crippen LogP contribution in [-0.2, 0) is 6.42 Å². The van der Waals surface area contributed by atoms with Crippen molar-refractivity contribution in [3.63, 3.8) is 0 Å². The van der Waals surface area contributed by atoms with Gasteiger partial charge in [0, 0.05) is 24.6 Å². The molecule has 0 saturated heterocycles. The number of hydrogen-bond acceptors (Lipinski definition) is 9. The fourth-order valence-electron chi connectivity index (χ4n) is 4.39. The van der Waals surface area contributed by atoms with E-state index < -0.39 is 0 Å². The summed E-state index contributed by atoms with van der Waals surface area (Å²) in [5.74, 6) is 2.29. The van der Waals surface area contributed by atoms with Crippen LogP contribution >= 0.6 is 11.3 Å². The lowest BCUT2D eigenvalue weighted by atomic mass is 9.78. The molecule has 0 unspecified atom stereocenters. The lowest BCUT2D eigenvalue weighted by Crippen LogP contribution is -2.28. The third-order valence-electron chi connectivity index (χ3n) is 5.83. The van der Waals surface area contributed by atoms with Gasteiger partial charge in [-0.1, -0.05) is 25.2 Å². The summed E-state index contributed by atoms with van der Waals surface area (Å²) in [4.78, 5) is 29.5. The number of benzene rings is 1. The Balaban J connectivity index is 1.52. The topological polar surface area (TPSA) is 100 Å². The number of carbonyl (C=O) groups is 1. The molecule has 0 spiro atoms. The zero-order valence-electron chi connectivity index (χ0n) is 19.0. The maximum Gasteiger partial charge on any atom is 0.190 e. The highest BCUT2D eigenvalue weighted by Gasteiger charge is 2.35. The van der Waals surface area contributed by atoms with Crippen LogP contribution in [0.3, 0.4) is 0 Å². The van der Waals surface area contributed by atoms with Crippen molar-refractivity contribution in [3.05, 3.63) is 40.7 Å². The minimum atomic E-state index is -0.0574. The first-order chi connectivity index (χ1) is 15.8. The van der Waals surface area contributed by atoms with Crippen LogP contribution in [0.1, 0.15) is 41.5 Å². The highest BCUT2D eigenvalue weighted by atomic mass is 32.1. The van der Waals surface area contributed by atoms with Crippen molar-refractivity contribution >= 4 is 33.8 Å². The molecule has 172 valence electrons. The summed E-state index contributed by atoms with van der Waals surface area (Å²) in [5.41, 5.74) is 3.48. The quantitative estimate of drug-likeness (QED) is 0.583. The van der Waals surface area contributed by atoms with Gasteiger partial charge in [-0.15, -0.1) is 0 Å². The van der Waals surface area contributed by atoms with E-state index in [9.17, 15) is 4.79 Å². The summed E-state index contributed by atoms with van der Waals surface area (Å²) >= 11 is 1.48. The zero-order chi connectivity index (χ0) is 23.2. The Morgan fingerprint density at radius 2 is 2.06 bits per heavy atom. The number of aliphatic hydroxyl groups excluding tert-OH is 1. The molecule has 2 aromatic heterocycles. The summed E-state index contributed by atoms with van der Waals surface area (Å²) in [6.07, 6.45) is 1.37. The van der Waals surface area contributed by atoms with Crippen LogP contribution in [-0.4, -0.2) is 52.1 Å². The molecule has 2 N–H and O–H groups in total. The predicted molar refractivity (Wildman–Crippen MR) is 129 cm³/mol. The Morgan fingerprint density at radius 3 is 2.88 bits per heavy atom. The minimum absolute atomic E-state index is 0.0288. The molecule has 9 heteroatoms. The van der Waals surface area contributed by atoms with E-state index in [-0.39, 0.29) is 17.8 Å². The Bertz CT molecular complexity index is 1220. The van der Waals surface area contributed by atoms with Gasteiger partial charge >= 0.3 is 0 Å². The number of Topliss-reactive ketones (excluding diaryl/α,β-unsaturated/α-hetero) is 1. The van der Waals surface area contributed by atoms with E-state index in [1.165, 1.54) is 11.3 Å². The van der Waals surface area contributed by atoms with E-state index in [1.807, 2.05) is 25.1 Å². The van der Waals surface area contributed by atoms with Gasteiger partial charge in [-0.25, -0.2) is 15.0 Å². The monoisotopic (exact) mass is 465 g/mol. The van der Waals surface area contributed by atoms with E-state index in [0.717, 1.165) is 44.8 Å². The summed E-state index contributed by atoms with van der Waals surface area (Å²) in [7, 11) is 0. The van der Waals surface area contributed by atoms with Crippen LogP contribution in [0.4, 0.5) is 16.6 Å². The third-order valence-corrected chi connectivity index (χ3v) is 6.99. The summed E-state index contributed by atoms with van der Waals surface area (Å²) in [6, 6.07) is 7.87. The third kappa shape index (κ3) is 4.30. The number of fused-ring (bicyclic) bond motifs is 2. The summed E-state index contributed by atoms with van der Waals surface area (Å²) in [5, 5.41) is 13.0. The number of hydrogen-bond donors (Lipinski definition) is 2. The summed E-state index contributed by atoms with van der Waals surface area (Å²) < 4.78 is 5.92. The van der Waals surface area contributed by atoms with Crippen LogP contribution in [0.5, 0.6) is 5.75 Å². The lowest BCUT2D eigenvalue weighted by Gasteiger charge is -2.29. The van der Waals surface area contributed by atoms with Gasteiger partial charge in [0.2, 0.25) is 0 Å². The van der Waals surface area contributed by atoms with E-state index in [0.29, 0.717) is 37.8 Å². The number of rotatable bonds is 5. The predicted octanol–water partition coefficient (Wildman–Crippen LogP) is 4.00. The second-order valence-corrected chi connectivity index (χ2v) is 10.2. The molecule has 2 aliphatic rings. The molecule has 0 atom stereocenters. The number of nitrogens with one attached hydrogen (secondary N) is 1.